The van der Waals surface area contributed by atoms with Crippen LogP contribution in [0.15, 0.2) is 68.9 Å². The van der Waals surface area contributed by atoms with Crippen LogP contribution < -0.4 is 10.9 Å². The summed E-state index contributed by atoms with van der Waals surface area (Å²) in [5.41, 5.74) is 4.13. The maximum Gasteiger partial charge on any atom is 0.204 e. The van der Waals surface area contributed by atoms with E-state index in [9.17, 15) is 15.0 Å². The summed E-state index contributed by atoms with van der Waals surface area (Å²) in [6.07, 6.45) is 1.51. The monoisotopic (exact) mass is 380 g/mol. The summed E-state index contributed by atoms with van der Waals surface area (Å²) in [6.45, 7) is 0. The van der Waals surface area contributed by atoms with Gasteiger partial charge in [-0.1, -0.05) is 23.7 Å². The Morgan fingerprint density at radius 1 is 1.07 bits per heavy atom. The van der Waals surface area contributed by atoms with Crippen molar-refractivity contribution in [3.05, 3.63) is 75.4 Å². The van der Waals surface area contributed by atoms with Gasteiger partial charge < -0.3 is 14.6 Å². The van der Waals surface area contributed by atoms with Crippen LogP contribution in [0.5, 0.6) is 11.5 Å². The molecule has 0 spiro atoms. The third kappa shape index (κ3) is 3.18. The number of nitrogens with zero attached hydrogens (tertiary/aromatic N) is 1. The molecule has 4 aromatic rings. The van der Waals surface area contributed by atoms with Gasteiger partial charge >= 0.3 is 0 Å². The summed E-state index contributed by atoms with van der Waals surface area (Å²) in [5, 5.41) is 24.7. The summed E-state index contributed by atoms with van der Waals surface area (Å²) in [6, 6.07) is 14.5. The summed E-state index contributed by atoms with van der Waals surface area (Å²) in [7, 11) is 0. The SMILES string of the molecule is O=c1c2cccc(/C=N\Nc3cccc(Cl)c3)c2oc2cc(O)cc(O)c12. The van der Waals surface area contributed by atoms with E-state index in [1.165, 1.54) is 12.3 Å². The standard InChI is InChI=1S/C20H13ClN2O4/c21-12-4-2-5-13(7-12)23-22-10-11-3-1-6-15-19(26)18-16(25)8-14(24)9-17(18)27-20(11)15/h1-10,23-25H/b22-10-. The molecule has 0 fully saturated rings. The highest BCUT2D eigenvalue weighted by Crippen LogP contribution is 2.30. The van der Waals surface area contributed by atoms with Crippen molar-refractivity contribution in [3.63, 3.8) is 0 Å². The van der Waals surface area contributed by atoms with E-state index >= 15 is 0 Å². The van der Waals surface area contributed by atoms with Crippen molar-refractivity contribution in [1.29, 1.82) is 0 Å². The Kier molecular flexibility index (Phi) is 4.18. The van der Waals surface area contributed by atoms with E-state index in [4.69, 9.17) is 16.0 Å². The van der Waals surface area contributed by atoms with E-state index < -0.39 is 0 Å². The zero-order valence-electron chi connectivity index (χ0n) is 13.8. The Bertz CT molecular complexity index is 1260. The second kappa shape index (κ2) is 6.66. The normalized spacial score (nSPS) is 11.4. The van der Waals surface area contributed by atoms with Gasteiger partial charge in [-0.15, -0.1) is 0 Å². The number of para-hydroxylation sites is 1. The van der Waals surface area contributed by atoms with Crippen LogP contribution in [-0.4, -0.2) is 16.4 Å². The topological polar surface area (TPSA) is 95.1 Å². The molecule has 0 aliphatic carbocycles. The molecular weight excluding hydrogens is 368 g/mol. The minimum atomic E-state index is -0.387. The number of phenols is 2. The Balaban J connectivity index is 1.82. The van der Waals surface area contributed by atoms with Crippen molar-refractivity contribution >= 4 is 45.4 Å². The lowest BCUT2D eigenvalue weighted by Crippen LogP contribution is -2.04. The van der Waals surface area contributed by atoms with Crippen LogP contribution >= 0.6 is 11.6 Å². The number of fused-ring (bicyclic) bond motifs is 2. The van der Waals surface area contributed by atoms with Crippen LogP contribution in [0, 0.1) is 0 Å². The number of anilines is 1. The highest BCUT2D eigenvalue weighted by molar-refractivity contribution is 6.30. The van der Waals surface area contributed by atoms with E-state index in [1.54, 1.807) is 36.4 Å². The third-order valence-electron chi connectivity index (χ3n) is 4.02. The molecule has 0 amide bonds. The zero-order valence-corrected chi connectivity index (χ0v) is 14.6. The largest absolute Gasteiger partial charge is 0.508 e. The molecule has 6 nitrogen and oxygen atoms in total. The number of benzene rings is 3. The molecule has 0 saturated heterocycles. The molecule has 0 bridgehead atoms. The minimum Gasteiger partial charge on any atom is -0.508 e. The quantitative estimate of drug-likeness (QED) is 0.277. The first-order valence-electron chi connectivity index (χ1n) is 7.99. The molecular formula is C20H13ClN2O4. The molecule has 0 atom stereocenters. The number of phenolic OH excluding ortho intramolecular Hbond substituents is 2. The van der Waals surface area contributed by atoms with Gasteiger partial charge in [0.05, 0.1) is 17.3 Å². The Hall–Kier alpha value is -3.51. The average molecular weight is 381 g/mol. The first-order chi connectivity index (χ1) is 13.0. The maximum atomic E-state index is 12.7. The van der Waals surface area contributed by atoms with Crippen LogP contribution in [0.4, 0.5) is 5.69 Å². The number of nitrogens with one attached hydrogen (secondary N) is 1. The number of halogens is 1. The highest BCUT2D eigenvalue weighted by Gasteiger charge is 2.14. The number of aromatic hydroxyl groups is 2. The van der Waals surface area contributed by atoms with Gasteiger partial charge in [-0.05, 0) is 30.3 Å². The second-order valence-electron chi connectivity index (χ2n) is 5.87. The van der Waals surface area contributed by atoms with Crippen LogP contribution in [0.25, 0.3) is 21.9 Å². The van der Waals surface area contributed by atoms with Crippen molar-refractivity contribution < 1.29 is 14.6 Å². The molecule has 0 aliphatic heterocycles. The van der Waals surface area contributed by atoms with E-state index in [0.29, 0.717) is 27.2 Å². The summed E-state index contributed by atoms with van der Waals surface area (Å²) >= 11 is 5.93. The number of hydrogen-bond acceptors (Lipinski definition) is 6. The van der Waals surface area contributed by atoms with Crippen LogP contribution in [0.1, 0.15) is 5.56 Å². The fourth-order valence-corrected chi connectivity index (χ4v) is 3.01. The van der Waals surface area contributed by atoms with E-state index in [1.807, 2.05) is 6.07 Å². The fourth-order valence-electron chi connectivity index (χ4n) is 2.82. The van der Waals surface area contributed by atoms with Crippen LogP contribution in [-0.2, 0) is 0 Å². The third-order valence-corrected chi connectivity index (χ3v) is 4.25. The van der Waals surface area contributed by atoms with Crippen molar-refractivity contribution in [2.45, 2.75) is 0 Å². The average Bonchev–Trinajstić information content (AvgIpc) is 2.62. The lowest BCUT2D eigenvalue weighted by molar-refractivity contribution is 0.453. The first kappa shape index (κ1) is 16.9. The molecule has 1 aromatic heterocycles. The van der Waals surface area contributed by atoms with Crippen LogP contribution in [0.2, 0.25) is 5.02 Å². The van der Waals surface area contributed by atoms with Gasteiger partial charge in [0.15, 0.2) is 0 Å². The van der Waals surface area contributed by atoms with Gasteiger partial charge in [0, 0.05) is 22.7 Å². The van der Waals surface area contributed by atoms with Gasteiger partial charge in [0.2, 0.25) is 5.43 Å². The number of hydrazone groups is 1. The highest BCUT2D eigenvalue weighted by atomic mass is 35.5. The molecule has 0 saturated carbocycles. The van der Waals surface area contributed by atoms with Crippen molar-refractivity contribution in [2.75, 3.05) is 5.43 Å². The predicted octanol–water partition coefficient (Wildman–Crippen LogP) is 4.46. The minimum absolute atomic E-state index is 0.0199. The fraction of sp³-hybridized carbons (Fsp3) is 0. The molecule has 3 N–H and O–H groups in total. The van der Waals surface area contributed by atoms with E-state index in [-0.39, 0.29) is 27.9 Å². The molecule has 4 rings (SSSR count). The Labute approximate surface area is 157 Å². The molecule has 0 radical (unpaired) electrons. The molecule has 0 unspecified atom stereocenters. The zero-order chi connectivity index (χ0) is 19.0. The van der Waals surface area contributed by atoms with Gasteiger partial charge in [0.25, 0.3) is 0 Å². The molecule has 0 aliphatic rings. The summed E-state index contributed by atoms with van der Waals surface area (Å²) in [5.74, 6) is -0.529. The van der Waals surface area contributed by atoms with E-state index in [2.05, 4.69) is 10.5 Å². The molecule has 27 heavy (non-hydrogen) atoms. The molecule has 1 heterocycles. The molecule has 134 valence electrons. The number of hydrogen-bond donors (Lipinski definition) is 3. The summed E-state index contributed by atoms with van der Waals surface area (Å²) < 4.78 is 5.78. The molecule has 7 heteroatoms. The molecule has 3 aromatic carbocycles. The smallest absolute Gasteiger partial charge is 0.204 e. The van der Waals surface area contributed by atoms with E-state index in [0.717, 1.165) is 6.07 Å². The lowest BCUT2D eigenvalue weighted by Gasteiger charge is -2.06. The van der Waals surface area contributed by atoms with Crippen molar-refractivity contribution in [3.8, 4) is 11.5 Å². The Morgan fingerprint density at radius 2 is 1.89 bits per heavy atom. The predicted molar refractivity (Wildman–Crippen MR) is 106 cm³/mol. The van der Waals surface area contributed by atoms with Gasteiger partial charge in [-0.2, -0.15) is 5.10 Å². The lowest BCUT2D eigenvalue weighted by atomic mass is 10.1. The van der Waals surface area contributed by atoms with Crippen molar-refractivity contribution in [2.24, 2.45) is 5.10 Å². The first-order valence-corrected chi connectivity index (χ1v) is 8.37. The Morgan fingerprint density at radius 3 is 2.70 bits per heavy atom. The van der Waals surface area contributed by atoms with Gasteiger partial charge in [-0.3, -0.25) is 10.2 Å². The second-order valence-corrected chi connectivity index (χ2v) is 6.31. The summed E-state index contributed by atoms with van der Waals surface area (Å²) in [4.78, 5) is 12.7. The number of rotatable bonds is 3. The van der Waals surface area contributed by atoms with Gasteiger partial charge in [-0.25, -0.2) is 0 Å². The van der Waals surface area contributed by atoms with Gasteiger partial charge in [0.1, 0.15) is 28.1 Å². The van der Waals surface area contributed by atoms with Crippen LogP contribution in [0.3, 0.4) is 0 Å². The van der Waals surface area contributed by atoms with Crippen molar-refractivity contribution in [1.82, 2.24) is 0 Å². The maximum absolute atomic E-state index is 12.7.